The number of hydrazine groups is 1. The molecule has 2 aliphatic rings. The first-order valence-corrected chi connectivity index (χ1v) is 10.5. The van der Waals surface area contributed by atoms with Gasteiger partial charge in [-0.1, -0.05) is 37.3 Å². The highest BCUT2D eigenvalue weighted by molar-refractivity contribution is 6.04. The highest BCUT2D eigenvalue weighted by Crippen LogP contribution is 2.37. The fourth-order valence-corrected chi connectivity index (χ4v) is 4.33. The van der Waals surface area contributed by atoms with E-state index in [1.165, 1.54) is 0 Å². The standard InChI is InChI=1S/C22H25N7O/c1-3-17-21(30)26(2)18-15-24-22(25-20(18)29(17)27-12-7-8-13-27)28-14-11-23-19(28)16-9-5-4-6-10-16/h4-6,9-11,14-15,17H,3,7-8,12-13H2,1-2H3. The summed E-state index contributed by atoms with van der Waals surface area (Å²) in [5.74, 6) is 2.20. The number of carbonyl (C=O) groups is 1. The van der Waals surface area contributed by atoms with Crippen molar-refractivity contribution in [2.24, 2.45) is 0 Å². The van der Waals surface area contributed by atoms with Crippen molar-refractivity contribution in [3.05, 3.63) is 48.9 Å². The van der Waals surface area contributed by atoms with Gasteiger partial charge in [-0.2, -0.15) is 4.98 Å². The Morgan fingerprint density at radius 3 is 2.60 bits per heavy atom. The summed E-state index contributed by atoms with van der Waals surface area (Å²) in [6.07, 6.45) is 8.36. The van der Waals surface area contributed by atoms with Gasteiger partial charge in [0, 0.05) is 38.1 Å². The van der Waals surface area contributed by atoms with Crippen molar-refractivity contribution in [2.75, 3.05) is 30.0 Å². The van der Waals surface area contributed by atoms with Crippen LogP contribution in [0.4, 0.5) is 11.5 Å². The second-order valence-corrected chi connectivity index (χ2v) is 7.69. The van der Waals surface area contributed by atoms with Crippen molar-refractivity contribution >= 4 is 17.4 Å². The lowest BCUT2D eigenvalue weighted by molar-refractivity contribution is -0.120. The van der Waals surface area contributed by atoms with Crippen LogP contribution in [0.2, 0.25) is 0 Å². The number of likely N-dealkylation sites (N-methyl/N-ethyl adjacent to an activating group) is 1. The first kappa shape index (κ1) is 18.7. The minimum absolute atomic E-state index is 0.0841. The highest BCUT2D eigenvalue weighted by Gasteiger charge is 2.40. The van der Waals surface area contributed by atoms with Crippen LogP contribution in [0.1, 0.15) is 26.2 Å². The fraction of sp³-hybridized carbons (Fsp3) is 0.364. The van der Waals surface area contributed by atoms with E-state index in [2.05, 4.69) is 26.9 Å². The molecular weight excluding hydrogens is 378 g/mol. The molecule has 0 bridgehead atoms. The van der Waals surface area contributed by atoms with E-state index in [0.29, 0.717) is 5.95 Å². The maximum absolute atomic E-state index is 13.0. The Labute approximate surface area is 175 Å². The highest BCUT2D eigenvalue weighted by atomic mass is 16.2. The zero-order valence-electron chi connectivity index (χ0n) is 17.3. The predicted molar refractivity (Wildman–Crippen MR) is 115 cm³/mol. The molecule has 0 radical (unpaired) electrons. The SMILES string of the molecule is CCC1C(=O)N(C)c2cnc(-n3ccnc3-c3ccccc3)nc2N1N1CCCC1. The van der Waals surface area contributed by atoms with E-state index in [9.17, 15) is 4.79 Å². The molecule has 8 nitrogen and oxygen atoms in total. The van der Waals surface area contributed by atoms with Crippen LogP contribution in [0.15, 0.2) is 48.9 Å². The van der Waals surface area contributed by atoms with E-state index in [-0.39, 0.29) is 11.9 Å². The quantitative estimate of drug-likeness (QED) is 0.667. The third-order valence-corrected chi connectivity index (χ3v) is 5.89. The van der Waals surface area contributed by atoms with Crippen LogP contribution in [0.5, 0.6) is 0 Å². The molecule has 0 aliphatic carbocycles. The molecule has 2 aliphatic heterocycles. The molecule has 3 aromatic rings. The summed E-state index contributed by atoms with van der Waals surface area (Å²) in [7, 11) is 1.81. The Balaban J connectivity index is 1.63. The van der Waals surface area contributed by atoms with Crippen molar-refractivity contribution in [2.45, 2.75) is 32.2 Å². The molecule has 4 heterocycles. The molecule has 1 fully saturated rings. The number of imidazole rings is 1. The van der Waals surface area contributed by atoms with E-state index >= 15 is 0 Å². The largest absolute Gasteiger partial charge is 0.309 e. The van der Waals surface area contributed by atoms with Crippen molar-refractivity contribution in [1.29, 1.82) is 0 Å². The molecule has 154 valence electrons. The molecule has 0 N–H and O–H groups in total. The lowest BCUT2D eigenvalue weighted by Crippen LogP contribution is -2.58. The summed E-state index contributed by atoms with van der Waals surface area (Å²) in [6, 6.07) is 9.76. The zero-order chi connectivity index (χ0) is 20.7. The van der Waals surface area contributed by atoms with E-state index in [1.54, 1.807) is 24.3 Å². The van der Waals surface area contributed by atoms with Crippen molar-refractivity contribution in [3.63, 3.8) is 0 Å². The van der Waals surface area contributed by atoms with Crippen LogP contribution in [0.25, 0.3) is 17.3 Å². The Bertz CT molecular complexity index is 1060. The molecular formula is C22H25N7O. The molecule has 30 heavy (non-hydrogen) atoms. The van der Waals surface area contributed by atoms with Crippen molar-refractivity contribution in [3.8, 4) is 17.3 Å². The third kappa shape index (κ3) is 2.95. The Morgan fingerprint density at radius 2 is 1.87 bits per heavy atom. The van der Waals surface area contributed by atoms with Gasteiger partial charge in [0.05, 0.1) is 6.20 Å². The van der Waals surface area contributed by atoms with E-state index in [1.807, 2.05) is 41.1 Å². The number of benzene rings is 1. The van der Waals surface area contributed by atoms with Crippen LogP contribution in [0, 0.1) is 0 Å². The molecule has 0 saturated carbocycles. The van der Waals surface area contributed by atoms with Gasteiger partial charge in [0.15, 0.2) is 5.82 Å². The van der Waals surface area contributed by atoms with E-state index in [0.717, 1.165) is 55.2 Å². The number of aromatic nitrogens is 4. The zero-order valence-corrected chi connectivity index (χ0v) is 17.3. The van der Waals surface area contributed by atoms with Gasteiger partial charge in [0.2, 0.25) is 5.95 Å². The molecule has 2 aromatic heterocycles. The number of rotatable bonds is 4. The second-order valence-electron chi connectivity index (χ2n) is 7.69. The van der Waals surface area contributed by atoms with Crippen LogP contribution >= 0.6 is 0 Å². The number of fused-ring (bicyclic) bond motifs is 1. The number of hydrogen-bond donors (Lipinski definition) is 0. The normalized spacial score (nSPS) is 19.4. The molecule has 0 spiro atoms. The topological polar surface area (TPSA) is 70.4 Å². The molecule has 1 aromatic carbocycles. The minimum atomic E-state index is -0.250. The lowest BCUT2D eigenvalue weighted by Gasteiger charge is -2.44. The van der Waals surface area contributed by atoms with Crippen molar-refractivity contribution < 1.29 is 4.79 Å². The van der Waals surface area contributed by atoms with Gasteiger partial charge in [0.25, 0.3) is 5.91 Å². The monoisotopic (exact) mass is 403 g/mol. The summed E-state index contributed by atoms with van der Waals surface area (Å²) in [4.78, 5) is 28.8. The van der Waals surface area contributed by atoms with Gasteiger partial charge in [0.1, 0.15) is 17.6 Å². The summed E-state index contributed by atoms with van der Waals surface area (Å²) in [5.41, 5.74) is 1.74. The summed E-state index contributed by atoms with van der Waals surface area (Å²) < 4.78 is 1.90. The van der Waals surface area contributed by atoms with E-state index in [4.69, 9.17) is 4.98 Å². The summed E-state index contributed by atoms with van der Waals surface area (Å²) >= 11 is 0. The molecule has 1 saturated heterocycles. The average molecular weight is 403 g/mol. The van der Waals surface area contributed by atoms with E-state index < -0.39 is 0 Å². The molecule has 5 rings (SSSR count). The van der Waals surface area contributed by atoms with Gasteiger partial charge in [-0.05, 0) is 19.3 Å². The first-order valence-electron chi connectivity index (χ1n) is 10.5. The summed E-state index contributed by atoms with van der Waals surface area (Å²) in [5, 5.41) is 4.37. The molecule has 1 amide bonds. The molecule has 1 atom stereocenters. The minimum Gasteiger partial charge on any atom is -0.309 e. The number of amides is 1. The number of carbonyl (C=O) groups excluding carboxylic acids is 1. The smallest absolute Gasteiger partial charge is 0.251 e. The number of hydrogen-bond acceptors (Lipinski definition) is 6. The second kappa shape index (κ2) is 7.53. The average Bonchev–Trinajstić information content (AvgIpc) is 3.48. The van der Waals surface area contributed by atoms with Crippen LogP contribution < -0.4 is 9.91 Å². The Hall–Kier alpha value is -3.26. The number of nitrogens with zero attached hydrogens (tertiary/aromatic N) is 7. The van der Waals surface area contributed by atoms with Crippen LogP contribution in [-0.4, -0.2) is 56.6 Å². The predicted octanol–water partition coefficient (Wildman–Crippen LogP) is 2.90. The van der Waals surface area contributed by atoms with Crippen LogP contribution in [-0.2, 0) is 4.79 Å². The third-order valence-electron chi connectivity index (χ3n) is 5.89. The summed E-state index contributed by atoms with van der Waals surface area (Å²) in [6.45, 7) is 3.93. The molecule has 8 heteroatoms. The van der Waals surface area contributed by atoms with Gasteiger partial charge in [-0.15, -0.1) is 0 Å². The Kier molecular flexibility index (Phi) is 4.71. The van der Waals surface area contributed by atoms with Gasteiger partial charge >= 0.3 is 0 Å². The number of anilines is 2. The van der Waals surface area contributed by atoms with Gasteiger partial charge in [-0.3, -0.25) is 14.4 Å². The maximum atomic E-state index is 13.0. The lowest BCUT2D eigenvalue weighted by atomic mass is 10.1. The fourth-order valence-electron chi connectivity index (χ4n) is 4.33. The van der Waals surface area contributed by atoms with Gasteiger partial charge in [-0.25, -0.2) is 15.0 Å². The maximum Gasteiger partial charge on any atom is 0.251 e. The van der Waals surface area contributed by atoms with Gasteiger partial charge < -0.3 is 4.90 Å². The Morgan fingerprint density at radius 1 is 1.10 bits per heavy atom. The first-order chi connectivity index (χ1) is 14.7. The van der Waals surface area contributed by atoms with Crippen LogP contribution in [0.3, 0.4) is 0 Å². The molecule has 1 unspecified atom stereocenters. The van der Waals surface area contributed by atoms with Crippen molar-refractivity contribution in [1.82, 2.24) is 24.5 Å².